The van der Waals surface area contributed by atoms with E-state index in [9.17, 15) is 19.8 Å². The van der Waals surface area contributed by atoms with Gasteiger partial charge in [0.2, 0.25) is 0 Å². The number of benzene rings is 3. The summed E-state index contributed by atoms with van der Waals surface area (Å²) in [5, 5.41) is 21.2. The van der Waals surface area contributed by atoms with Gasteiger partial charge in [-0.05, 0) is 60.0 Å². The Morgan fingerprint density at radius 1 is 0.921 bits per heavy atom. The van der Waals surface area contributed by atoms with Crippen molar-refractivity contribution < 1.29 is 38.7 Å². The number of aliphatic hydroxyl groups excluding tert-OH is 1. The van der Waals surface area contributed by atoms with Crippen molar-refractivity contribution in [3.05, 3.63) is 82.9 Å². The zero-order valence-corrected chi connectivity index (χ0v) is 21.0. The Morgan fingerprint density at radius 2 is 1.63 bits per heavy atom. The summed E-state index contributed by atoms with van der Waals surface area (Å²) in [6.45, 7) is 0.985. The number of rotatable bonds is 7. The van der Waals surface area contributed by atoms with E-state index in [0.29, 0.717) is 53.8 Å². The van der Waals surface area contributed by atoms with Crippen LogP contribution >= 0.6 is 0 Å². The number of fused-ring (bicyclic) bond motifs is 1. The SMILES string of the molecule is COc1ccc(CCN2C(=O)C(=O)/C(=C(\O)c3ccc4c(c3)OCCO4)C2c2ccc(O)cc2)cc1OC. The molecule has 0 radical (unpaired) electrons. The Kier molecular flexibility index (Phi) is 6.83. The molecule has 196 valence electrons. The minimum Gasteiger partial charge on any atom is -0.508 e. The molecule has 3 aromatic carbocycles. The number of nitrogens with zero attached hydrogens (tertiary/aromatic N) is 1. The molecule has 2 N–H and O–H groups in total. The summed E-state index contributed by atoms with van der Waals surface area (Å²) in [4.78, 5) is 28.0. The highest BCUT2D eigenvalue weighted by atomic mass is 16.6. The maximum Gasteiger partial charge on any atom is 0.295 e. The highest BCUT2D eigenvalue weighted by molar-refractivity contribution is 6.46. The van der Waals surface area contributed by atoms with E-state index in [2.05, 4.69) is 0 Å². The number of phenols is 1. The molecule has 5 rings (SSSR count). The third kappa shape index (κ3) is 4.58. The number of likely N-dealkylation sites (tertiary alicyclic amines) is 1. The number of ether oxygens (including phenoxy) is 4. The van der Waals surface area contributed by atoms with Crippen LogP contribution in [0.5, 0.6) is 28.7 Å². The second kappa shape index (κ2) is 10.4. The minimum absolute atomic E-state index is 0.0373. The molecule has 0 bridgehead atoms. The van der Waals surface area contributed by atoms with Gasteiger partial charge in [0.05, 0.1) is 25.8 Å². The highest BCUT2D eigenvalue weighted by Crippen LogP contribution is 2.41. The molecule has 2 heterocycles. The average Bonchev–Trinajstić information content (AvgIpc) is 3.20. The molecule has 9 heteroatoms. The number of ketones is 1. The summed E-state index contributed by atoms with van der Waals surface area (Å²) in [5.74, 6) is 0.351. The molecule has 1 amide bonds. The molecule has 1 fully saturated rings. The van der Waals surface area contributed by atoms with Gasteiger partial charge < -0.3 is 34.1 Å². The molecule has 38 heavy (non-hydrogen) atoms. The molecular formula is C29H27NO8. The van der Waals surface area contributed by atoms with E-state index in [0.717, 1.165) is 5.56 Å². The quantitative estimate of drug-likeness (QED) is 0.276. The monoisotopic (exact) mass is 517 g/mol. The van der Waals surface area contributed by atoms with E-state index >= 15 is 0 Å². The van der Waals surface area contributed by atoms with Crippen molar-refractivity contribution in [3.63, 3.8) is 0 Å². The second-order valence-corrected chi connectivity index (χ2v) is 8.88. The third-order valence-electron chi connectivity index (χ3n) is 6.65. The van der Waals surface area contributed by atoms with Crippen LogP contribution in [0.2, 0.25) is 0 Å². The predicted octanol–water partition coefficient (Wildman–Crippen LogP) is 3.85. The van der Waals surface area contributed by atoms with Gasteiger partial charge in [-0.3, -0.25) is 9.59 Å². The van der Waals surface area contributed by atoms with E-state index in [1.165, 1.54) is 17.0 Å². The highest BCUT2D eigenvalue weighted by Gasteiger charge is 2.46. The number of methoxy groups -OCH3 is 2. The first-order valence-corrected chi connectivity index (χ1v) is 12.1. The molecule has 2 aliphatic heterocycles. The number of hydrogen-bond acceptors (Lipinski definition) is 8. The van der Waals surface area contributed by atoms with E-state index in [1.54, 1.807) is 50.6 Å². The van der Waals surface area contributed by atoms with Crippen molar-refractivity contribution in [2.45, 2.75) is 12.5 Å². The molecular weight excluding hydrogens is 490 g/mol. The Hall–Kier alpha value is -4.66. The van der Waals surface area contributed by atoms with Gasteiger partial charge in [0.15, 0.2) is 23.0 Å². The summed E-state index contributed by atoms with van der Waals surface area (Å²) in [6.07, 6.45) is 0.423. The number of phenolic OH excluding ortho intramolecular Hbond substituents is 1. The first kappa shape index (κ1) is 25.0. The van der Waals surface area contributed by atoms with Gasteiger partial charge in [-0.15, -0.1) is 0 Å². The Balaban J connectivity index is 1.53. The van der Waals surface area contributed by atoms with Crippen molar-refractivity contribution in [3.8, 4) is 28.7 Å². The van der Waals surface area contributed by atoms with Gasteiger partial charge in [0.25, 0.3) is 11.7 Å². The maximum atomic E-state index is 13.3. The molecule has 1 saturated heterocycles. The van der Waals surface area contributed by atoms with Crippen LogP contribution in [0.1, 0.15) is 22.7 Å². The summed E-state index contributed by atoms with van der Waals surface area (Å²) in [6, 6.07) is 15.7. The smallest absolute Gasteiger partial charge is 0.295 e. The van der Waals surface area contributed by atoms with Crippen molar-refractivity contribution in [1.82, 2.24) is 4.90 Å². The lowest BCUT2D eigenvalue weighted by Crippen LogP contribution is -2.31. The normalized spacial score (nSPS) is 17.9. The summed E-state index contributed by atoms with van der Waals surface area (Å²) in [7, 11) is 3.10. The fourth-order valence-corrected chi connectivity index (χ4v) is 4.75. The Labute approximate surface area is 219 Å². The van der Waals surface area contributed by atoms with Crippen LogP contribution in [-0.4, -0.2) is 60.8 Å². The van der Waals surface area contributed by atoms with Crippen LogP contribution in [0.15, 0.2) is 66.2 Å². The number of aliphatic hydroxyl groups is 1. The third-order valence-corrected chi connectivity index (χ3v) is 6.65. The van der Waals surface area contributed by atoms with Crippen LogP contribution in [-0.2, 0) is 16.0 Å². The van der Waals surface area contributed by atoms with Gasteiger partial charge in [-0.25, -0.2) is 0 Å². The minimum atomic E-state index is -0.857. The lowest BCUT2D eigenvalue weighted by Gasteiger charge is -2.25. The number of amides is 1. The zero-order valence-electron chi connectivity index (χ0n) is 21.0. The van der Waals surface area contributed by atoms with Gasteiger partial charge in [0, 0.05) is 12.1 Å². The van der Waals surface area contributed by atoms with Crippen LogP contribution in [0.25, 0.3) is 5.76 Å². The van der Waals surface area contributed by atoms with E-state index < -0.39 is 17.7 Å². The lowest BCUT2D eigenvalue weighted by atomic mass is 9.95. The number of hydrogen-bond donors (Lipinski definition) is 2. The van der Waals surface area contributed by atoms with E-state index in [1.807, 2.05) is 12.1 Å². The van der Waals surface area contributed by atoms with Crippen molar-refractivity contribution in [1.29, 1.82) is 0 Å². The van der Waals surface area contributed by atoms with Crippen molar-refractivity contribution >= 4 is 17.4 Å². The van der Waals surface area contributed by atoms with Crippen LogP contribution in [0, 0.1) is 0 Å². The van der Waals surface area contributed by atoms with Gasteiger partial charge in [-0.1, -0.05) is 18.2 Å². The molecule has 0 aliphatic carbocycles. The lowest BCUT2D eigenvalue weighted by molar-refractivity contribution is -0.139. The molecule has 0 spiro atoms. The number of Topliss-reactive ketones (excluding diaryl/α,β-unsaturated/α-hetero) is 1. The number of carbonyl (C=O) groups excluding carboxylic acids is 2. The molecule has 0 aromatic heterocycles. The van der Waals surface area contributed by atoms with Gasteiger partial charge >= 0.3 is 0 Å². The van der Waals surface area contributed by atoms with Crippen molar-refractivity contribution in [2.24, 2.45) is 0 Å². The van der Waals surface area contributed by atoms with Crippen LogP contribution < -0.4 is 18.9 Å². The predicted molar refractivity (Wildman–Crippen MR) is 138 cm³/mol. The summed E-state index contributed by atoms with van der Waals surface area (Å²) in [5.41, 5.74) is 1.75. The maximum absolute atomic E-state index is 13.3. The van der Waals surface area contributed by atoms with Gasteiger partial charge in [-0.2, -0.15) is 0 Å². The zero-order chi connectivity index (χ0) is 26.8. The second-order valence-electron chi connectivity index (χ2n) is 8.88. The Morgan fingerprint density at radius 3 is 2.34 bits per heavy atom. The molecule has 3 aromatic rings. The van der Waals surface area contributed by atoms with Crippen LogP contribution in [0.4, 0.5) is 0 Å². The number of aromatic hydroxyl groups is 1. The molecule has 2 aliphatic rings. The van der Waals surface area contributed by atoms with Gasteiger partial charge in [0.1, 0.15) is 24.7 Å². The fourth-order valence-electron chi connectivity index (χ4n) is 4.75. The van der Waals surface area contributed by atoms with E-state index in [-0.39, 0.29) is 23.6 Å². The summed E-state index contributed by atoms with van der Waals surface area (Å²) < 4.78 is 21.9. The standard InChI is InChI=1S/C29H27NO8/c1-35-21-9-3-17(15-23(21)36-2)11-12-30-26(18-4-7-20(31)8-5-18)25(28(33)29(30)34)27(32)19-6-10-22-24(16-19)38-14-13-37-22/h3-10,15-16,26,31-32H,11-14H2,1-2H3/b27-25-. The topological polar surface area (TPSA) is 115 Å². The molecule has 1 atom stereocenters. The van der Waals surface area contributed by atoms with E-state index in [4.69, 9.17) is 18.9 Å². The first-order chi connectivity index (χ1) is 18.4. The molecule has 0 saturated carbocycles. The van der Waals surface area contributed by atoms with Crippen molar-refractivity contribution in [2.75, 3.05) is 34.0 Å². The fraction of sp³-hybridized carbons (Fsp3) is 0.241. The molecule has 9 nitrogen and oxygen atoms in total. The van der Waals surface area contributed by atoms with Crippen LogP contribution in [0.3, 0.4) is 0 Å². The first-order valence-electron chi connectivity index (χ1n) is 12.1. The average molecular weight is 518 g/mol. The largest absolute Gasteiger partial charge is 0.508 e. The number of carbonyl (C=O) groups is 2. The summed E-state index contributed by atoms with van der Waals surface area (Å²) >= 11 is 0. The Bertz CT molecular complexity index is 1410. The molecule has 1 unspecified atom stereocenters.